The Balaban J connectivity index is 3.42. The maximum atomic E-state index is 12.5. The number of hydrogen-bond donors (Lipinski definition) is 3. The molecule has 3 N–H and O–H groups in total. The van der Waals surface area contributed by atoms with E-state index in [1.54, 1.807) is 6.08 Å². The van der Waals surface area contributed by atoms with Crippen molar-refractivity contribution in [2.75, 3.05) is 6.61 Å². The van der Waals surface area contributed by atoms with E-state index in [1.165, 1.54) is 302 Å². The summed E-state index contributed by atoms with van der Waals surface area (Å²) in [6.45, 7) is 4.22. The van der Waals surface area contributed by atoms with Gasteiger partial charge >= 0.3 is 0 Å². The highest BCUT2D eigenvalue weighted by Gasteiger charge is 2.18. The molecular weight excluding hydrogens is 963 g/mol. The van der Waals surface area contributed by atoms with Gasteiger partial charge in [-0.2, -0.15) is 0 Å². The summed E-state index contributed by atoms with van der Waals surface area (Å²) in [4.78, 5) is 12.5. The fourth-order valence-corrected chi connectivity index (χ4v) is 11.1. The molecule has 0 saturated carbocycles. The first-order valence-corrected chi connectivity index (χ1v) is 35.7. The number of aliphatic hydroxyl groups excluding tert-OH is 2. The fourth-order valence-electron chi connectivity index (χ4n) is 11.1. The third-order valence-electron chi connectivity index (χ3n) is 16.4. The van der Waals surface area contributed by atoms with E-state index in [0.717, 1.165) is 57.8 Å². The number of rotatable bonds is 66. The van der Waals surface area contributed by atoms with Gasteiger partial charge in [0.25, 0.3) is 0 Å². The Labute approximate surface area is 495 Å². The lowest BCUT2D eigenvalue weighted by Crippen LogP contribution is -2.45. The van der Waals surface area contributed by atoms with E-state index in [-0.39, 0.29) is 12.5 Å². The first-order chi connectivity index (χ1) is 39.2. The van der Waals surface area contributed by atoms with E-state index in [4.69, 9.17) is 0 Å². The molecule has 2 atom stereocenters. The normalized spacial score (nSPS) is 13.1. The molecule has 0 aliphatic rings. The van der Waals surface area contributed by atoms with Crippen LogP contribution in [-0.4, -0.2) is 34.9 Å². The summed E-state index contributed by atoms with van der Waals surface area (Å²) in [6, 6.07) is -0.641. The van der Waals surface area contributed by atoms with Crippen molar-refractivity contribution in [2.24, 2.45) is 0 Å². The molecule has 0 aromatic heterocycles. The number of carbonyl (C=O) groups excluding carboxylic acids is 1. The van der Waals surface area contributed by atoms with Gasteiger partial charge in [0.1, 0.15) is 0 Å². The number of carbonyl (C=O) groups is 1. The molecule has 0 spiro atoms. The zero-order valence-electron chi connectivity index (χ0n) is 53.4. The summed E-state index contributed by atoms with van der Waals surface area (Å²) < 4.78 is 0. The summed E-state index contributed by atoms with van der Waals surface area (Å²) in [7, 11) is 0. The highest BCUT2D eigenvalue weighted by atomic mass is 16.3. The maximum Gasteiger partial charge on any atom is 0.220 e. The van der Waals surface area contributed by atoms with Crippen LogP contribution in [0.2, 0.25) is 0 Å². The minimum Gasteiger partial charge on any atom is -0.394 e. The molecule has 0 saturated heterocycles. The van der Waals surface area contributed by atoms with E-state index in [9.17, 15) is 15.0 Å². The number of allylic oxidation sites excluding steroid dienone is 11. The number of hydrogen-bond acceptors (Lipinski definition) is 3. The van der Waals surface area contributed by atoms with Gasteiger partial charge in [0.2, 0.25) is 5.91 Å². The van der Waals surface area contributed by atoms with Crippen LogP contribution in [0, 0.1) is 0 Å². The summed E-state index contributed by atoms with van der Waals surface area (Å²) >= 11 is 0. The molecule has 0 aliphatic heterocycles. The second-order valence-corrected chi connectivity index (χ2v) is 24.3. The molecule has 0 aliphatic carbocycles. The molecule has 0 aromatic carbocycles. The van der Waals surface area contributed by atoms with E-state index in [0.29, 0.717) is 6.42 Å². The van der Waals surface area contributed by atoms with E-state index in [1.807, 2.05) is 6.08 Å². The first kappa shape index (κ1) is 76.8. The SMILES string of the molecule is CC/C=C\C/C=C\C/C=C\C/C=C\CCCCCCCCCCCCCCCCCCCCCCCCCCCCCCC(=O)NC(CO)C(O)/C=C/CC/C=C/CCCCCCCCCCCCCCCCCCCCCC. The number of amides is 1. The lowest BCUT2D eigenvalue weighted by molar-refractivity contribution is -0.123. The molecule has 2 unspecified atom stereocenters. The van der Waals surface area contributed by atoms with E-state index < -0.39 is 12.1 Å². The summed E-state index contributed by atoms with van der Waals surface area (Å²) in [5.74, 6) is -0.0667. The topological polar surface area (TPSA) is 69.6 Å². The third-order valence-corrected chi connectivity index (χ3v) is 16.4. The van der Waals surface area contributed by atoms with Gasteiger partial charge in [-0.05, 0) is 70.6 Å². The average Bonchev–Trinajstić information content (AvgIpc) is 3.45. The molecule has 0 fully saturated rings. The maximum absolute atomic E-state index is 12.5. The zero-order valence-corrected chi connectivity index (χ0v) is 53.4. The second kappa shape index (κ2) is 70.1. The van der Waals surface area contributed by atoms with Crippen LogP contribution in [0.5, 0.6) is 0 Å². The van der Waals surface area contributed by atoms with Gasteiger partial charge in [0.05, 0.1) is 18.8 Å². The van der Waals surface area contributed by atoms with E-state index >= 15 is 0 Å². The molecule has 0 radical (unpaired) electrons. The van der Waals surface area contributed by atoms with E-state index in [2.05, 4.69) is 79.9 Å². The van der Waals surface area contributed by atoms with Crippen molar-refractivity contribution in [3.05, 3.63) is 72.9 Å². The highest BCUT2D eigenvalue weighted by molar-refractivity contribution is 5.76. The van der Waals surface area contributed by atoms with Gasteiger partial charge < -0.3 is 15.5 Å². The molecule has 4 nitrogen and oxygen atoms in total. The Bertz CT molecular complexity index is 1340. The van der Waals surface area contributed by atoms with Crippen molar-refractivity contribution in [1.29, 1.82) is 0 Å². The van der Waals surface area contributed by atoms with Crippen molar-refractivity contribution in [3.63, 3.8) is 0 Å². The van der Waals surface area contributed by atoms with Crippen LogP contribution >= 0.6 is 0 Å². The summed E-state index contributed by atoms with van der Waals surface area (Å²) in [5, 5.41) is 23.3. The van der Waals surface area contributed by atoms with Crippen LogP contribution < -0.4 is 5.32 Å². The van der Waals surface area contributed by atoms with Crippen LogP contribution in [0.4, 0.5) is 0 Å². The smallest absolute Gasteiger partial charge is 0.220 e. The first-order valence-electron chi connectivity index (χ1n) is 35.7. The van der Waals surface area contributed by atoms with Crippen molar-refractivity contribution in [2.45, 2.75) is 392 Å². The van der Waals surface area contributed by atoms with Crippen molar-refractivity contribution in [1.82, 2.24) is 5.32 Å². The quantitative estimate of drug-likeness (QED) is 0.0420. The van der Waals surface area contributed by atoms with Crippen molar-refractivity contribution < 1.29 is 15.0 Å². The standard InChI is InChI=1S/C75H139NO3/c1-3-5-7-9-11-13-15-17-19-21-23-25-27-29-31-32-33-34-35-36-37-38-39-40-41-42-43-44-45-47-49-51-53-55-57-59-61-63-65-67-69-71-75(79)76-73(72-77)74(78)70-68-66-64-62-60-58-56-54-52-50-48-46-30-28-26-24-22-20-18-16-14-12-10-8-6-4-2/h5,7,11,13,17,19,23,25,60,62,68,70,73-74,77-78H,3-4,6,8-10,12,14-16,18,20-22,24,26-59,61,63-67,69,71-72H2,1-2H3,(H,76,79)/b7-5-,13-11-,19-17-,25-23-,62-60+,70-68+. The molecule has 0 bridgehead atoms. The molecule has 79 heavy (non-hydrogen) atoms. The molecule has 0 heterocycles. The Morgan fingerprint density at radius 3 is 0.886 bits per heavy atom. The van der Waals surface area contributed by atoms with Gasteiger partial charge in [-0.3, -0.25) is 4.79 Å². The average molecular weight is 1100 g/mol. The predicted octanol–water partition coefficient (Wildman–Crippen LogP) is 24.4. The lowest BCUT2D eigenvalue weighted by atomic mass is 10.0. The second-order valence-electron chi connectivity index (χ2n) is 24.3. The number of aliphatic hydroxyl groups is 2. The van der Waals surface area contributed by atoms with Gasteiger partial charge in [0.15, 0.2) is 0 Å². The highest BCUT2D eigenvalue weighted by Crippen LogP contribution is 2.19. The predicted molar refractivity (Wildman–Crippen MR) is 354 cm³/mol. The molecule has 4 heteroatoms. The van der Waals surface area contributed by atoms with Crippen LogP contribution in [0.25, 0.3) is 0 Å². The third kappa shape index (κ3) is 66.5. The minimum absolute atomic E-state index is 0.0667. The summed E-state index contributed by atoms with van der Waals surface area (Å²) in [5.41, 5.74) is 0. The molecule has 462 valence electrons. The van der Waals surface area contributed by atoms with Gasteiger partial charge in [-0.1, -0.05) is 376 Å². The molecule has 0 aromatic rings. The van der Waals surface area contributed by atoms with Gasteiger partial charge in [-0.15, -0.1) is 0 Å². The van der Waals surface area contributed by atoms with Gasteiger partial charge in [-0.25, -0.2) is 0 Å². The number of nitrogens with one attached hydrogen (secondary N) is 1. The summed E-state index contributed by atoms with van der Waals surface area (Å²) in [6.07, 6.45) is 102. The monoisotopic (exact) mass is 1100 g/mol. The largest absolute Gasteiger partial charge is 0.394 e. The molecule has 1 amide bonds. The number of unbranched alkanes of at least 4 members (excludes halogenated alkanes) is 49. The van der Waals surface area contributed by atoms with Crippen LogP contribution in [0.3, 0.4) is 0 Å². The van der Waals surface area contributed by atoms with Gasteiger partial charge in [0, 0.05) is 6.42 Å². The Kier molecular flexibility index (Phi) is 68.2. The van der Waals surface area contributed by atoms with Crippen molar-refractivity contribution in [3.8, 4) is 0 Å². The van der Waals surface area contributed by atoms with Crippen molar-refractivity contribution >= 4 is 5.91 Å². The molecular formula is C75H139NO3. The Morgan fingerprint density at radius 1 is 0.316 bits per heavy atom. The fraction of sp³-hybridized carbons (Fsp3) is 0.827. The molecule has 0 rings (SSSR count). The zero-order chi connectivity index (χ0) is 56.9. The lowest BCUT2D eigenvalue weighted by Gasteiger charge is -2.19. The van der Waals surface area contributed by atoms with Crippen LogP contribution in [0.15, 0.2) is 72.9 Å². The van der Waals surface area contributed by atoms with Crippen LogP contribution in [0.1, 0.15) is 380 Å². The minimum atomic E-state index is -0.864. The Hall–Kier alpha value is -2.17. The Morgan fingerprint density at radius 2 is 0.570 bits per heavy atom. The van der Waals surface area contributed by atoms with Crippen LogP contribution in [-0.2, 0) is 4.79 Å².